The number of benzene rings is 1. The minimum atomic E-state index is -0.999. The second kappa shape index (κ2) is 5.56. The van der Waals surface area contributed by atoms with Crippen molar-refractivity contribution in [2.24, 2.45) is 0 Å². The first kappa shape index (κ1) is 12.6. The van der Waals surface area contributed by atoms with Crippen LogP contribution in [0.3, 0.4) is 0 Å². The zero-order valence-electron chi connectivity index (χ0n) is 9.19. The Hall–Kier alpha value is -2.48. The molecule has 0 aromatic heterocycles. The van der Waals surface area contributed by atoms with E-state index in [0.717, 1.165) is 0 Å². The highest BCUT2D eigenvalue weighted by Crippen LogP contribution is 2.14. The van der Waals surface area contributed by atoms with Crippen LogP contribution >= 0.6 is 0 Å². The molecule has 1 aromatic carbocycles. The Morgan fingerprint density at radius 2 is 2.18 bits per heavy atom. The molecule has 0 bridgehead atoms. The van der Waals surface area contributed by atoms with E-state index in [4.69, 9.17) is 10.8 Å². The van der Waals surface area contributed by atoms with E-state index in [0.29, 0.717) is 11.3 Å². The molecule has 5 heteroatoms. The molecule has 0 saturated heterocycles. The number of nitrogen functional groups attached to an aromatic ring is 1. The van der Waals surface area contributed by atoms with E-state index in [1.54, 1.807) is 6.07 Å². The number of methoxy groups -OCH3 is 1. The van der Waals surface area contributed by atoms with Crippen molar-refractivity contribution < 1.29 is 19.4 Å². The summed E-state index contributed by atoms with van der Waals surface area (Å²) < 4.78 is 4.55. The number of nitrogens with two attached hydrogens (primary N) is 1. The standard InChI is InChI=1S/C12H11NO4/c1-17-12(16)9-7-8(5-6-10(9)13)3-2-4-11(14)15/h5-7H,4,13H2,1H3,(H,14,15). The lowest BCUT2D eigenvalue weighted by atomic mass is 10.1. The van der Waals surface area contributed by atoms with E-state index in [9.17, 15) is 9.59 Å². The molecule has 0 aliphatic heterocycles. The predicted molar refractivity (Wildman–Crippen MR) is 61.3 cm³/mol. The molecule has 0 atom stereocenters. The Bertz CT molecular complexity index is 511. The lowest BCUT2D eigenvalue weighted by Crippen LogP contribution is -2.05. The Morgan fingerprint density at radius 1 is 1.47 bits per heavy atom. The van der Waals surface area contributed by atoms with Gasteiger partial charge in [0.05, 0.1) is 12.7 Å². The zero-order valence-corrected chi connectivity index (χ0v) is 9.19. The summed E-state index contributed by atoms with van der Waals surface area (Å²) in [6, 6.07) is 4.60. The Balaban J connectivity index is 2.99. The molecule has 17 heavy (non-hydrogen) atoms. The van der Waals surface area contributed by atoms with Crippen LogP contribution in [0.4, 0.5) is 5.69 Å². The number of hydrogen-bond donors (Lipinski definition) is 2. The first-order valence-corrected chi connectivity index (χ1v) is 4.73. The summed E-state index contributed by atoms with van der Waals surface area (Å²) in [5, 5.41) is 8.42. The van der Waals surface area contributed by atoms with E-state index in [-0.39, 0.29) is 12.0 Å². The van der Waals surface area contributed by atoms with Crippen LogP contribution in [0.2, 0.25) is 0 Å². The molecule has 0 radical (unpaired) electrons. The quantitative estimate of drug-likeness (QED) is 0.449. The molecule has 0 aliphatic carbocycles. The summed E-state index contributed by atoms with van der Waals surface area (Å²) in [5.41, 5.74) is 6.62. The third-order valence-corrected chi connectivity index (χ3v) is 1.93. The van der Waals surface area contributed by atoms with Crippen LogP contribution < -0.4 is 5.73 Å². The zero-order chi connectivity index (χ0) is 12.8. The summed E-state index contributed by atoms with van der Waals surface area (Å²) >= 11 is 0. The molecule has 88 valence electrons. The van der Waals surface area contributed by atoms with Gasteiger partial charge in [-0.25, -0.2) is 4.79 Å². The van der Waals surface area contributed by atoms with Gasteiger partial charge in [-0.15, -0.1) is 0 Å². The Kier molecular flexibility index (Phi) is 4.12. The lowest BCUT2D eigenvalue weighted by Gasteiger charge is -2.03. The highest BCUT2D eigenvalue weighted by Gasteiger charge is 2.09. The van der Waals surface area contributed by atoms with Gasteiger partial charge in [-0.05, 0) is 18.2 Å². The van der Waals surface area contributed by atoms with Crippen LogP contribution in [0.1, 0.15) is 22.3 Å². The minimum absolute atomic E-state index is 0.217. The number of aliphatic carboxylic acids is 1. The summed E-state index contributed by atoms with van der Waals surface area (Å²) in [6.07, 6.45) is -0.252. The van der Waals surface area contributed by atoms with E-state index < -0.39 is 11.9 Å². The van der Waals surface area contributed by atoms with Crippen LogP contribution in [0.15, 0.2) is 18.2 Å². The molecule has 0 fully saturated rings. The number of carbonyl (C=O) groups is 2. The van der Waals surface area contributed by atoms with E-state index in [1.807, 2.05) is 0 Å². The van der Waals surface area contributed by atoms with Crippen molar-refractivity contribution >= 4 is 17.6 Å². The first-order chi connectivity index (χ1) is 8.04. The number of rotatable bonds is 2. The van der Waals surface area contributed by atoms with Crippen molar-refractivity contribution in [1.29, 1.82) is 0 Å². The summed E-state index contributed by atoms with van der Waals surface area (Å²) in [4.78, 5) is 21.6. The molecule has 1 rings (SSSR count). The number of carbonyl (C=O) groups excluding carboxylic acids is 1. The molecule has 0 aliphatic rings. The highest BCUT2D eigenvalue weighted by molar-refractivity contribution is 5.95. The van der Waals surface area contributed by atoms with E-state index in [2.05, 4.69) is 16.6 Å². The van der Waals surface area contributed by atoms with Gasteiger partial charge in [0, 0.05) is 11.3 Å². The summed E-state index contributed by atoms with van der Waals surface area (Å²) in [6.45, 7) is 0. The van der Waals surface area contributed by atoms with Crippen LogP contribution in [0.5, 0.6) is 0 Å². The van der Waals surface area contributed by atoms with Gasteiger partial charge in [0.25, 0.3) is 0 Å². The second-order valence-electron chi connectivity index (χ2n) is 3.17. The fourth-order valence-corrected chi connectivity index (χ4v) is 1.14. The fourth-order valence-electron chi connectivity index (χ4n) is 1.14. The van der Waals surface area contributed by atoms with Gasteiger partial charge < -0.3 is 15.6 Å². The lowest BCUT2D eigenvalue weighted by molar-refractivity contribution is -0.135. The molecule has 0 amide bonds. The first-order valence-electron chi connectivity index (χ1n) is 4.73. The van der Waals surface area contributed by atoms with E-state index in [1.165, 1.54) is 19.2 Å². The predicted octanol–water partition coefficient (Wildman–Crippen LogP) is 0.882. The number of ether oxygens (including phenoxy) is 1. The highest BCUT2D eigenvalue weighted by atomic mass is 16.5. The monoisotopic (exact) mass is 233 g/mol. The molecule has 0 unspecified atom stereocenters. The topological polar surface area (TPSA) is 89.6 Å². The van der Waals surface area contributed by atoms with Crippen molar-refractivity contribution in [2.45, 2.75) is 6.42 Å². The fraction of sp³-hybridized carbons (Fsp3) is 0.167. The van der Waals surface area contributed by atoms with Crippen molar-refractivity contribution in [3.05, 3.63) is 29.3 Å². The summed E-state index contributed by atoms with van der Waals surface area (Å²) in [7, 11) is 1.25. The smallest absolute Gasteiger partial charge is 0.339 e. The number of anilines is 1. The number of carboxylic acids is 1. The average Bonchev–Trinajstić information content (AvgIpc) is 2.30. The maximum Gasteiger partial charge on any atom is 0.339 e. The third-order valence-electron chi connectivity index (χ3n) is 1.93. The molecule has 0 spiro atoms. The van der Waals surface area contributed by atoms with Gasteiger partial charge in [0.1, 0.15) is 6.42 Å². The van der Waals surface area contributed by atoms with Crippen LogP contribution in [0, 0.1) is 11.8 Å². The molecule has 0 heterocycles. The van der Waals surface area contributed by atoms with Crippen LogP contribution in [-0.2, 0) is 9.53 Å². The maximum absolute atomic E-state index is 11.3. The largest absolute Gasteiger partial charge is 0.481 e. The van der Waals surface area contributed by atoms with Crippen molar-refractivity contribution in [2.75, 3.05) is 12.8 Å². The average molecular weight is 233 g/mol. The SMILES string of the molecule is COC(=O)c1cc(C#CCC(=O)O)ccc1N. The molecule has 5 nitrogen and oxygen atoms in total. The Morgan fingerprint density at radius 3 is 2.76 bits per heavy atom. The van der Waals surface area contributed by atoms with Gasteiger partial charge >= 0.3 is 11.9 Å². The number of hydrogen-bond acceptors (Lipinski definition) is 4. The van der Waals surface area contributed by atoms with Gasteiger partial charge in [0.15, 0.2) is 0 Å². The Labute approximate surface area is 98.2 Å². The van der Waals surface area contributed by atoms with Crippen molar-refractivity contribution in [3.8, 4) is 11.8 Å². The van der Waals surface area contributed by atoms with Crippen molar-refractivity contribution in [3.63, 3.8) is 0 Å². The van der Waals surface area contributed by atoms with Crippen molar-refractivity contribution in [1.82, 2.24) is 0 Å². The third kappa shape index (κ3) is 3.54. The van der Waals surface area contributed by atoms with Crippen LogP contribution in [0.25, 0.3) is 0 Å². The second-order valence-corrected chi connectivity index (χ2v) is 3.17. The van der Waals surface area contributed by atoms with Gasteiger partial charge in [-0.2, -0.15) is 0 Å². The van der Waals surface area contributed by atoms with E-state index >= 15 is 0 Å². The van der Waals surface area contributed by atoms with Crippen LogP contribution in [-0.4, -0.2) is 24.2 Å². The minimum Gasteiger partial charge on any atom is -0.481 e. The number of carboxylic acid groups (broad SMARTS) is 1. The molecular weight excluding hydrogens is 222 g/mol. The normalized spacial score (nSPS) is 9.00. The number of esters is 1. The molecule has 3 N–H and O–H groups in total. The molecule has 1 aromatic rings. The van der Waals surface area contributed by atoms with Gasteiger partial charge in [-0.1, -0.05) is 11.8 Å². The molecular formula is C12H11NO4. The maximum atomic E-state index is 11.3. The van der Waals surface area contributed by atoms with Gasteiger partial charge in [0.2, 0.25) is 0 Å². The van der Waals surface area contributed by atoms with Gasteiger partial charge in [-0.3, -0.25) is 4.79 Å². The molecule has 0 saturated carbocycles. The summed E-state index contributed by atoms with van der Waals surface area (Å²) in [5.74, 6) is 3.54.